The van der Waals surface area contributed by atoms with E-state index in [1.54, 1.807) is 0 Å². The summed E-state index contributed by atoms with van der Waals surface area (Å²) in [5, 5.41) is 0.754. The third-order valence-electron chi connectivity index (χ3n) is 3.93. The second-order valence-electron chi connectivity index (χ2n) is 6.08. The molecule has 2 rings (SSSR count). The molecule has 1 aliphatic rings. The summed E-state index contributed by atoms with van der Waals surface area (Å²) in [5.41, 5.74) is 7.34. The van der Waals surface area contributed by atoms with Crippen molar-refractivity contribution in [2.45, 2.75) is 45.2 Å². The Morgan fingerprint density at radius 1 is 1.40 bits per heavy atom. The van der Waals surface area contributed by atoms with Crippen LogP contribution in [0.4, 0.5) is 0 Å². The van der Waals surface area contributed by atoms with Crippen LogP contribution < -0.4 is 5.73 Å². The molecule has 0 amide bonds. The fraction of sp³-hybridized carbons (Fsp3) is 0.625. The van der Waals surface area contributed by atoms with E-state index in [0.717, 1.165) is 28.0 Å². The molecule has 1 atom stereocenters. The first kappa shape index (κ1) is 16.3. The van der Waals surface area contributed by atoms with Gasteiger partial charge in [-0.2, -0.15) is 0 Å². The molecular weight excluding hydrogens is 336 g/mol. The third-order valence-corrected chi connectivity index (χ3v) is 5.15. The summed E-state index contributed by atoms with van der Waals surface area (Å²) in [6.07, 6.45) is 3.84. The van der Waals surface area contributed by atoms with E-state index in [0.29, 0.717) is 12.6 Å². The molecule has 1 fully saturated rings. The van der Waals surface area contributed by atoms with Crippen molar-refractivity contribution in [3.8, 4) is 0 Å². The zero-order valence-corrected chi connectivity index (χ0v) is 14.6. The van der Waals surface area contributed by atoms with E-state index in [-0.39, 0.29) is 0 Å². The number of nitrogens with two attached hydrogens (primary N) is 1. The summed E-state index contributed by atoms with van der Waals surface area (Å²) < 4.78 is 0.953. The van der Waals surface area contributed by atoms with Gasteiger partial charge in [-0.15, -0.1) is 0 Å². The summed E-state index contributed by atoms with van der Waals surface area (Å²) in [6, 6.07) is 7.20. The van der Waals surface area contributed by atoms with Crippen molar-refractivity contribution in [1.29, 1.82) is 0 Å². The Balaban J connectivity index is 2.16. The van der Waals surface area contributed by atoms with Gasteiger partial charge in [0.05, 0.1) is 5.02 Å². The quantitative estimate of drug-likeness (QED) is 0.770. The zero-order chi connectivity index (χ0) is 14.7. The second kappa shape index (κ2) is 7.26. The molecule has 0 aliphatic heterocycles. The van der Waals surface area contributed by atoms with Crippen molar-refractivity contribution in [3.63, 3.8) is 0 Å². The van der Waals surface area contributed by atoms with Gasteiger partial charge < -0.3 is 5.73 Å². The van der Waals surface area contributed by atoms with Gasteiger partial charge in [-0.1, -0.05) is 31.5 Å². The van der Waals surface area contributed by atoms with Gasteiger partial charge in [0.2, 0.25) is 0 Å². The maximum Gasteiger partial charge on any atom is 0.0548 e. The van der Waals surface area contributed by atoms with Gasteiger partial charge in [-0.3, -0.25) is 4.90 Å². The Morgan fingerprint density at radius 3 is 2.60 bits per heavy atom. The lowest BCUT2D eigenvalue weighted by Crippen LogP contribution is -2.36. The summed E-state index contributed by atoms with van der Waals surface area (Å²) >= 11 is 9.61. The Kier molecular flexibility index (Phi) is 5.91. The van der Waals surface area contributed by atoms with Crippen LogP contribution in [0.25, 0.3) is 0 Å². The minimum absolute atomic E-state index is 0.301. The number of rotatable bonds is 7. The minimum atomic E-state index is 0.301. The molecule has 20 heavy (non-hydrogen) atoms. The van der Waals surface area contributed by atoms with Crippen molar-refractivity contribution >= 4 is 27.5 Å². The molecule has 112 valence electrons. The Hall–Kier alpha value is -0.0900. The topological polar surface area (TPSA) is 29.3 Å². The molecule has 2 nitrogen and oxygen atoms in total. The van der Waals surface area contributed by atoms with E-state index in [1.807, 2.05) is 6.07 Å². The van der Waals surface area contributed by atoms with E-state index >= 15 is 0 Å². The van der Waals surface area contributed by atoms with Crippen molar-refractivity contribution in [2.24, 2.45) is 11.7 Å². The van der Waals surface area contributed by atoms with Crippen LogP contribution in [0.5, 0.6) is 0 Å². The average Bonchev–Trinajstić information content (AvgIpc) is 3.22. The Bertz CT molecular complexity index is 446. The summed E-state index contributed by atoms with van der Waals surface area (Å²) in [7, 11) is 0. The average molecular weight is 360 g/mol. The number of halogens is 2. The maximum atomic E-state index is 6.09. The van der Waals surface area contributed by atoms with Gasteiger partial charge in [0.25, 0.3) is 0 Å². The van der Waals surface area contributed by atoms with Crippen LogP contribution in [0, 0.1) is 5.92 Å². The van der Waals surface area contributed by atoms with E-state index in [9.17, 15) is 0 Å². The number of hydrogen-bond donors (Lipinski definition) is 1. The summed E-state index contributed by atoms with van der Waals surface area (Å²) in [5.74, 6) is 0.728. The predicted octanol–water partition coefficient (Wildman–Crippen LogP) is 4.61. The van der Waals surface area contributed by atoms with Gasteiger partial charge in [-0.05, 0) is 65.4 Å². The standard InChI is InChI=1S/C16H24BrClN2/c1-11(2)7-8-20(13-4-5-13)16(10-19)12-3-6-15(18)14(17)9-12/h3,6,9,11,13,16H,4-5,7-8,10,19H2,1-2H3. The highest BCUT2D eigenvalue weighted by Crippen LogP contribution is 2.36. The van der Waals surface area contributed by atoms with Gasteiger partial charge in [-0.25, -0.2) is 0 Å². The summed E-state index contributed by atoms with van der Waals surface area (Å²) in [4.78, 5) is 2.59. The van der Waals surface area contributed by atoms with Crippen LogP contribution in [0.1, 0.15) is 44.7 Å². The largest absolute Gasteiger partial charge is 0.329 e. The van der Waals surface area contributed by atoms with Gasteiger partial charge in [0.15, 0.2) is 0 Å². The second-order valence-corrected chi connectivity index (χ2v) is 7.34. The first-order valence-electron chi connectivity index (χ1n) is 7.43. The molecule has 0 heterocycles. The lowest BCUT2D eigenvalue weighted by Gasteiger charge is -2.32. The van der Waals surface area contributed by atoms with Gasteiger partial charge in [0, 0.05) is 23.1 Å². The first-order chi connectivity index (χ1) is 9.52. The lowest BCUT2D eigenvalue weighted by atomic mass is 10.0. The van der Waals surface area contributed by atoms with Crippen molar-refractivity contribution in [2.75, 3.05) is 13.1 Å². The molecule has 4 heteroatoms. The zero-order valence-electron chi connectivity index (χ0n) is 12.3. The third kappa shape index (κ3) is 4.20. The molecule has 0 bridgehead atoms. The molecule has 1 aromatic carbocycles. The Labute approximate surface area is 135 Å². The smallest absolute Gasteiger partial charge is 0.0548 e. The first-order valence-corrected chi connectivity index (χ1v) is 8.60. The highest BCUT2D eigenvalue weighted by molar-refractivity contribution is 9.10. The Morgan fingerprint density at radius 2 is 2.10 bits per heavy atom. The number of nitrogens with zero attached hydrogens (tertiary/aromatic N) is 1. The van der Waals surface area contributed by atoms with Crippen LogP contribution in [0.3, 0.4) is 0 Å². The van der Waals surface area contributed by atoms with Crippen LogP contribution >= 0.6 is 27.5 Å². The van der Waals surface area contributed by atoms with Crippen LogP contribution in [-0.4, -0.2) is 24.0 Å². The van der Waals surface area contributed by atoms with Crippen molar-refractivity contribution in [3.05, 3.63) is 33.3 Å². The minimum Gasteiger partial charge on any atom is -0.329 e. The van der Waals surface area contributed by atoms with E-state index in [4.69, 9.17) is 17.3 Å². The maximum absolute atomic E-state index is 6.09. The molecular formula is C16H24BrClN2. The van der Waals surface area contributed by atoms with Crippen molar-refractivity contribution in [1.82, 2.24) is 4.90 Å². The van der Waals surface area contributed by atoms with Gasteiger partial charge in [0.1, 0.15) is 0 Å². The molecule has 1 unspecified atom stereocenters. The molecule has 0 spiro atoms. The van der Waals surface area contributed by atoms with Crippen molar-refractivity contribution < 1.29 is 0 Å². The summed E-state index contributed by atoms with van der Waals surface area (Å²) in [6.45, 7) is 6.34. The predicted molar refractivity (Wildman–Crippen MR) is 90.1 cm³/mol. The SMILES string of the molecule is CC(C)CCN(C1CC1)C(CN)c1ccc(Cl)c(Br)c1. The monoisotopic (exact) mass is 358 g/mol. The molecule has 0 aromatic heterocycles. The highest BCUT2D eigenvalue weighted by atomic mass is 79.9. The van der Waals surface area contributed by atoms with Crippen LogP contribution in [0.2, 0.25) is 5.02 Å². The van der Waals surface area contributed by atoms with E-state index in [2.05, 4.69) is 46.8 Å². The molecule has 1 aromatic rings. The van der Waals surface area contributed by atoms with E-state index < -0.39 is 0 Å². The van der Waals surface area contributed by atoms with Crippen LogP contribution in [-0.2, 0) is 0 Å². The molecule has 2 N–H and O–H groups in total. The highest BCUT2D eigenvalue weighted by Gasteiger charge is 2.33. The molecule has 1 aliphatic carbocycles. The molecule has 0 radical (unpaired) electrons. The lowest BCUT2D eigenvalue weighted by molar-refractivity contribution is 0.181. The van der Waals surface area contributed by atoms with E-state index in [1.165, 1.54) is 24.8 Å². The normalized spacial score (nSPS) is 16.9. The van der Waals surface area contributed by atoms with Crippen LogP contribution in [0.15, 0.2) is 22.7 Å². The number of benzene rings is 1. The fourth-order valence-electron chi connectivity index (χ4n) is 2.59. The fourth-order valence-corrected chi connectivity index (χ4v) is 3.10. The molecule has 0 saturated heterocycles. The molecule has 1 saturated carbocycles. The number of hydrogen-bond acceptors (Lipinski definition) is 2. The van der Waals surface area contributed by atoms with Gasteiger partial charge >= 0.3 is 0 Å².